The van der Waals surface area contributed by atoms with Gasteiger partial charge in [0.2, 0.25) is 0 Å². The zero-order valence-electron chi connectivity index (χ0n) is 11.9. The van der Waals surface area contributed by atoms with E-state index in [4.69, 9.17) is 0 Å². The van der Waals surface area contributed by atoms with E-state index in [2.05, 4.69) is 53.9 Å². The molecule has 0 bridgehead atoms. The third kappa shape index (κ3) is 3.59. The van der Waals surface area contributed by atoms with Gasteiger partial charge in [0, 0.05) is 24.7 Å². The van der Waals surface area contributed by atoms with Crippen molar-refractivity contribution < 1.29 is 0 Å². The van der Waals surface area contributed by atoms with Gasteiger partial charge < -0.3 is 10.2 Å². The van der Waals surface area contributed by atoms with Gasteiger partial charge in [0.15, 0.2) is 0 Å². The Morgan fingerprint density at radius 1 is 1.22 bits per heavy atom. The highest BCUT2D eigenvalue weighted by atomic mass is 15.2. The zero-order chi connectivity index (χ0) is 13.2. The minimum atomic E-state index is 0.0298. The van der Waals surface area contributed by atoms with E-state index in [9.17, 15) is 0 Å². The van der Waals surface area contributed by atoms with Gasteiger partial charge in [-0.05, 0) is 39.5 Å². The molecule has 0 aromatic carbocycles. The molecule has 4 heteroatoms. The molecule has 0 atom stereocenters. The van der Waals surface area contributed by atoms with Crippen LogP contribution in [0.25, 0.3) is 0 Å². The highest BCUT2D eigenvalue weighted by molar-refractivity contribution is 5.49. The van der Waals surface area contributed by atoms with Crippen LogP contribution in [0.1, 0.15) is 40.5 Å². The number of piperidine rings is 1. The van der Waals surface area contributed by atoms with Crippen LogP contribution >= 0.6 is 0 Å². The number of nitrogens with one attached hydrogen (secondary N) is 1. The van der Waals surface area contributed by atoms with Crippen LogP contribution in [0.2, 0.25) is 0 Å². The Bertz CT molecular complexity index is 389. The molecule has 1 aromatic rings. The number of rotatable bonds is 2. The van der Waals surface area contributed by atoms with Crippen LogP contribution in [0.5, 0.6) is 0 Å². The fourth-order valence-corrected chi connectivity index (χ4v) is 2.21. The summed E-state index contributed by atoms with van der Waals surface area (Å²) in [6, 6.07) is 2.06. The van der Waals surface area contributed by atoms with Gasteiger partial charge in [-0.1, -0.05) is 6.92 Å². The molecule has 0 radical (unpaired) electrons. The average molecular weight is 248 g/mol. The number of hydrogen-bond donors (Lipinski definition) is 1. The number of anilines is 2. The fraction of sp³-hybridized carbons (Fsp3) is 0.714. The molecule has 1 aromatic heterocycles. The van der Waals surface area contributed by atoms with Crippen LogP contribution in [0.15, 0.2) is 12.4 Å². The molecule has 0 amide bonds. The summed E-state index contributed by atoms with van der Waals surface area (Å²) >= 11 is 0. The average Bonchev–Trinajstić information content (AvgIpc) is 2.28. The van der Waals surface area contributed by atoms with E-state index in [1.54, 1.807) is 6.33 Å². The van der Waals surface area contributed by atoms with Crippen LogP contribution in [-0.2, 0) is 0 Å². The molecule has 0 unspecified atom stereocenters. The van der Waals surface area contributed by atoms with Gasteiger partial charge in [-0.15, -0.1) is 0 Å². The standard InChI is InChI=1S/C14H24N4/c1-11-5-7-18(8-6-11)13-9-12(15-10-16-13)17-14(2,3)4/h9-11H,5-8H2,1-4H3,(H,15,16,17). The first-order chi connectivity index (χ1) is 8.44. The Hall–Kier alpha value is -1.32. The Morgan fingerprint density at radius 3 is 2.50 bits per heavy atom. The first-order valence-electron chi connectivity index (χ1n) is 6.79. The first-order valence-corrected chi connectivity index (χ1v) is 6.79. The molecule has 0 saturated carbocycles. The van der Waals surface area contributed by atoms with Crippen LogP contribution in [-0.4, -0.2) is 28.6 Å². The molecular weight excluding hydrogens is 224 g/mol. The lowest BCUT2D eigenvalue weighted by molar-refractivity contribution is 0.436. The zero-order valence-corrected chi connectivity index (χ0v) is 11.9. The molecule has 1 saturated heterocycles. The molecule has 18 heavy (non-hydrogen) atoms. The summed E-state index contributed by atoms with van der Waals surface area (Å²) in [5, 5.41) is 3.39. The minimum Gasteiger partial charge on any atom is -0.365 e. The van der Waals surface area contributed by atoms with Crippen molar-refractivity contribution in [3.8, 4) is 0 Å². The van der Waals surface area contributed by atoms with E-state index in [0.29, 0.717) is 0 Å². The van der Waals surface area contributed by atoms with Gasteiger partial charge in [0.25, 0.3) is 0 Å². The van der Waals surface area contributed by atoms with Crippen molar-refractivity contribution in [3.05, 3.63) is 12.4 Å². The van der Waals surface area contributed by atoms with Gasteiger partial charge in [0.05, 0.1) is 0 Å². The van der Waals surface area contributed by atoms with Gasteiger partial charge in [-0.3, -0.25) is 0 Å². The molecule has 2 rings (SSSR count). The number of hydrogen-bond acceptors (Lipinski definition) is 4. The van der Waals surface area contributed by atoms with Crippen LogP contribution in [0.4, 0.5) is 11.6 Å². The highest BCUT2D eigenvalue weighted by Crippen LogP contribution is 2.23. The Labute approximate surface area is 110 Å². The maximum Gasteiger partial charge on any atom is 0.134 e. The fourth-order valence-electron chi connectivity index (χ4n) is 2.21. The maximum atomic E-state index is 4.39. The van der Waals surface area contributed by atoms with Crippen LogP contribution in [0.3, 0.4) is 0 Å². The van der Waals surface area contributed by atoms with Crippen molar-refractivity contribution in [2.75, 3.05) is 23.3 Å². The van der Waals surface area contributed by atoms with Crippen molar-refractivity contribution in [1.29, 1.82) is 0 Å². The quantitative estimate of drug-likeness (QED) is 0.873. The number of nitrogens with zero attached hydrogens (tertiary/aromatic N) is 3. The highest BCUT2D eigenvalue weighted by Gasteiger charge is 2.18. The first kappa shape index (κ1) is 13.1. The Balaban J connectivity index is 2.07. The largest absolute Gasteiger partial charge is 0.365 e. The Morgan fingerprint density at radius 2 is 1.89 bits per heavy atom. The van der Waals surface area contributed by atoms with Gasteiger partial charge in [-0.2, -0.15) is 0 Å². The van der Waals surface area contributed by atoms with Crippen molar-refractivity contribution >= 4 is 11.6 Å². The second-order valence-corrected chi connectivity index (χ2v) is 6.31. The summed E-state index contributed by atoms with van der Waals surface area (Å²) in [7, 11) is 0. The van der Waals surface area contributed by atoms with Crippen LogP contribution in [0, 0.1) is 5.92 Å². The van der Waals surface area contributed by atoms with Crippen molar-refractivity contribution in [3.63, 3.8) is 0 Å². The van der Waals surface area contributed by atoms with Gasteiger partial charge in [0.1, 0.15) is 18.0 Å². The molecule has 1 fully saturated rings. The van der Waals surface area contributed by atoms with Crippen molar-refractivity contribution in [1.82, 2.24) is 9.97 Å². The lowest BCUT2D eigenvalue weighted by Crippen LogP contribution is -2.33. The predicted molar refractivity (Wildman–Crippen MR) is 76.0 cm³/mol. The molecule has 4 nitrogen and oxygen atoms in total. The summed E-state index contributed by atoms with van der Waals surface area (Å²) in [5.74, 6) is 2.80. The van der Waals surface area contributed by atoms with Gasteiger partial charge in [-0.25, -0.2) is 9.97 Å². The van der Waals surface area contributed by atoms with E-state index in [1.807, 2.05) is 0 Å². The summed E-state index contributed by atoms with van der Waals surface area (Å²) < 4.78 is 0. The third-order valence-electron chi connectivity index (χ3n) is 3.26. The third-order valence-corrected chi connectivity index (χ3v) is 3.26. The molecular formula is C14H24N4. The monoisotopic (exact) mass is 248 g/mol. The summed E-state index contributed by atoms with van der Waals surface area (Å²) in [4.78, 5) is 11.0. The molecule has 0 spiro atoms. The summed E-state index contributed by atoms with van der Waals surface area (Å²) in [6.07, 6.45) is 4.17. The second kappa shape index (κ2) is 5.12. The normalized spacial score (nSPS) is 17.9. The van der Waals surface area contributed by atoms with Gasteiger partial charge >= 0.3 is 0 Å². The van der Waals surface area contributed by atoms with Crippen molar-refractivity contribution in [2.24, 2.45) is 5.92 Å². The summed E-state index contributed by atoms with van der Waals surface area (Å²) in [5.41, 5.74) is 0.0298. The molecule has 1 aliphatic heterocycles. The van der Waals surface area contributed by atoms with E-state index in [1.165, 1.54) is 12.8 Å². The molecule has 1 N–H and O–H groups in total. The van der Waals surface area contributed by atoms with E-state index < -0.39 is 0 Å². The van der Waals surface area contributed by atoms with Crippen molar-refractivity contribution in [2.45, 2.75) is 46.1 Å². The topological polar surface area (TPSA) is 41.0 Å². The maximum absolute atomic E-state index is 4.39. The predicted octanol–water partition coefficient (Wildman–Crippen LogP) is 2.92. The molecule has 100 valence electrons. The molecule has 2 heterocycles. The smallest absolute Gasteiger partial charge is 0.134 e. The number of aromatic nitrogens is 2. The van der Waals surface area contributed by atoms with E-state index in [-0.39, 0.29) is 5.54 Å². The minimum absolute atomic E-state index is 0.0298. The Kier molecular flexibility index (Phi) is 3.73. The van der Waals surface area contributed by atoms with E-state index >= 15 is 0 Å². The lowest BCUT2D eigenvalue weighted by Gasteiger charge is -2.31. The molecule has 0 aliphatic carbocycles. The summed E-state index contributed by atoms with van der Waals surface area (Å²) in [6.45, 7) is 10.9. The van der Waals surface area contributed by atoms with E-state index in [0.717, 1.165) is 30.6 Å². The lowest BCUT2D eigenvalue weighted by atomic mass is 9.99. The second-order valence-electron chi connectivity index (χ2n) is 6.31. The molecule has 1 aliphatic rings. The van der Waals surface area contributed by atoms with Crippen LogP contribution < -0.4 is 10.2 Å². The SMILES string of the molecule is CC1CCN(c2cc(NC(C)(C)C)ncn2)CC1.